The molecule has 0 aliphatic carbocycles. The van der Waals surface area contributed by atoms with Gasteiger partial charge in [-0.1, -0.05) is 18.6 Å². The largest absolute Gasteiger partial charge is 0.445 e. The predicted octanol–water partition coefficient (Wildman–Crippen LogP) is 1.95. The normalized spacial score (nSPS) is 10.4. The highest BCUT2D eigenvalue weighted by molar-refractivity contribution is 4.79. The standard InChI is InChI=1S/C12H23NO/c1-3-9-13(10-4-2)11-7-5-6-8-12-14/h3-4,14H,1-2,5-12H2/p+1. The first-order valence-corrected chi connectivity index (χ1v) is 5.44. The summed E-state index contributed by atoms with van der Waals surface area (Å²) >= 11 is 0. The molecular formula is C12H24NO+. The van der Waals surface area contributed by atoms with E-state index in [1.807, 2.05) is 12.2 Å². The molecule has 0 atom stereocenters. The van der Waals surface area contributed by atoms with Crippen LogP contribution in [0.25, 0.3) is 0 Å². The van der Waals surface area contributed by atoms with Crippen LogP contribution in [0.3, 0.4) is 0 Å². The van der Waals surface area contributed by atoms with Gasteiger partial charge in [0.05, 0.1) is 0 Å². The predicted molar refractivity (Wildman–Crippen MR) is 63.8 cm³/mol. The van der Waals surface area contributed by atoms with E-state index in [1.54, 1.807) is 0 Å². The maximum atomic E-state index is 7.02. The molecule has 0 saturated heterocycles. The average molecular weight is 198 g/mol. The summed E-state index contributed by atoms with van der Waals surface area (Å²) in [7, 11) is 0. The van der Waals surface area contributed by atoms with E-state index in [-0.39, 0.29) is 0 Å². The second-order valence-electron chi connectivity index (χ2n) is 3.50. The number of rotatable bonds is 10. The molecule has 0 saturated carbocycles. The third kappa shape index (κ3) is 8.02. The molecule has 2 nitrogen and oxygen atoms in total. The fourth-order valence-corrected chi connectivity index (χ4v) is 1.44. The SMILES string of the molecule is C=CCN(CC=C)CCCCCC[OH2+]. The van der Waals surface area contributed by atoms with E-state index in [2.05, 4.69) is 18.1 Å². The second-order valence-corrected chi connectivity index (χ2v) is 3.50. The van der Waals surface area contributed by atoms with Gasteiger partial charge in [-0.05, 0) is 19.4 Å². The molecule has 0 radical (unpaired) electrons. The number of unbranched alkanes of at least 4 members (excludes halogenated alkanes) is 3. The molecule has 0 aromatic rings. The second kappa shape index (κ2) is 10.5. The van der Waals surface area contributed by atoms with Gasteiger partial charge >= 0.3 is 0 Å². The van der Waals surface area contributed by atoms with Gasteiger partial charge in [0.2, 0.25) is 0 Å². The zero-order valence-corrected chi connectivity index (χ0v) is 9.17. The number of hydrogen-bond acceptors (Lipinski definition) is 1. The third-order valence-electron chi connectivity index (χ3n) is 2.18. The summed E-state index contributed by atoms with van der Waals surface area (Å²) < 4.78 is 0. The molecule has 0 bridgehead atoms. The zero-order valence-electron chi connectivity index (χ0n) is 9.17. The molecule has 14 heavy (non-hydrogen) atoms. The third-order valence-corrected chi connectivity index (χ3v) is 2.18. The maximum absolute atomic E-state index is 7.02. The van der Waals surface area contributed by atoms with E-state index >= 15 is 0 Å². The minimum atomic E-state index is 0.572. The highest BCUT2D eigenvalue weighted by Crippen LogP contribution is 2.01. The van der Waals surface area contributed by atoms with Gasteiger partial charge in [-0.2, -0.15) is 0 Å². The quantitative estimate of drug-likeness (QED) is 0.299. The van der Waals surface area contributed by atoms with E-state index in [0.29, 0.717) is 6.61 Å². The van der Waals surface area contributed by atoms with Crippen molar-refractivity contribution in [3.8, 4) is 0 Å². The summed E-state index contributed by atoms with van der Waals surface area (Å²) in [6.45, 7) is 11.1. The Morgan fingerprint density at radius 1 is 0.929 bits per heavy atom. The Kier molecular flexibility index (Phi) is 10.0. The summed E-state index contributed by atoms with van der Waals surface area (Å²) in [4.78, 5) is 2.33. The van der Waals surface area contributed by atoms with Crippen molar-refractivity contribution in [3.63, 3.8) is 0 Å². The minimum Gasteiger partial charge on any atom is -0.445 e. The van der Waals surface area contributed by atoms with Crippen LogP contribution in [0.2, 0.25) is 0 Å². The molecule has 0 aromatic heterocycles. The summed E-state index contributed by atoms with van der Waals surface area (Å²) in [5, 5.41) is 7.02. The molecule has 82 valence electrons. The van der Waals surface area contributed by atoms with Gasteiger partial charge in [-0.3, -0.25) is 4.90 Å². The summed E-state index contributed by atoms with van der Waals surface area (Å²) in [5.74, 6) is 0. The first-order chi connectivity index (χ1) is 6.85. The molecule has 0 rings (SSSR count). The van der Waals surface area contributed by atoms with Gasteiger partial charge in [-0.15, -0.1) is 13.2 Å². The average Bonchev–Trinajstić information content (AvgIpc) is 2.18. The van der Waals surface area contributed by atoms with Crippen LogP contribution in [0, 0.1) is 0 Å². The lowest BCUT2D eigenvalue weighted by Crippen LogP contribution is -2.24. The van der Waals surface area contributed by atoms with Gasteiger partial charge in [0.1, 0.15) is 6.61 Å². The summed E-state index contributed by atoms with van der Waals surface area (Å²) in [6, 6.07) is 0. The fourth-order valence-electron chi connectivity index (χ4n) is 1.44. The molecule has 0 aliphatic rings. The van der Waals surface area contributed by atoms with Crippen molar-refractivity contribution >= 4 is 0 Å². The zero-order chi connectivity index (χ0) is 10.6. The molecule has 0 spiro atoms. The van der Waals surface area contributed by atoms with Crippen LogP contribution >= 0.6 is 0 Å². The summed E-state index contributed by atoms with van der Waals surface area (Å²) in [6.07, 6.45) is 8.58. The molecular weight excluding hydrogens is 174 g/mol. The van der Waals surface area contributed by atoms with Crippen molar-refractivity contribution in [3.05, 3.63) is 25.3 Å². The van der Waals surface area contributed by atoms with Crippen LogP contribution in [-0.4, -0.2) is 36.2 Å². The Balaban J connectivity index is 3.39. The van der Waals surface area contributed by atoms with Crippen LogP contribution < -0.4 is 0 Å². The first kappa shape index (κ1) is 13.4. The van der Waals surface area contributed by atoms with Gasteiger partial charge < -0.3 is 5.11 Å². The molecule has 0 heterocycles. The van der Waals surface area contributed by atoms with Crippen molar-refractivity contribution in [1.82, 2.24) is 4.90 Å². The molecule has 0 amide bonds. The Hall–Kier alpha value is -0.600. The molecule has 0 fully saturated rings. The molecule has 2 heteroatoms. The van der Waals surface area contributed by atoms with Gasteiger partial charge in [0.15, 0.2) is 0 Å². The highest BCUT2D eigenvalue weighted by Gasteiger charge is 1.99. The Morgan fingerprint density at radius 3 is 2.00 bits per heavy atom. The van der Waals surface area contributed by atoms with Crippen molar-refractivity contribution in [2.75, 3.05) is 26.2 Å². The van der Waals surface area contributed by atoms with Crippen molar-refractivity contribution in [1.29, 1.82) is 0 Å². The van der Waals surface area contributed by atoms with Crippen LogP contribution in [0.4, 0.5) is 0 Å². The van der Waals surface area contributed by atoms with Crippen molar-refractivity contribution < 1.29 is 5.11 Å². The van der Waals surface area contributed by atoms with Crippen LogP contribution in [0.15, 0.2) is 25.3 Å². The summed E-state index contributed by atoms with van der Waals surface area (Å²) in [5.41, 5.74) is 0. The van der Waals surface area contributed by atoms with Crippen LogP contribution in [0.5, 0.6) is 0 Å². The number of hydrogen-bond donors (Lipinski definition) is 0. The minimum absolute atomic E-state index is 0.572. The van der Waals surface area contributed by atoms with E-state index in [9.17, 15) is 0 Å². The molecule has 0 unspecified atom stereocenters. The van der Waals surface area contributed by atoms with Crippen molar-refractivity contribution in [2.24, 2.45) is 0 Å². The Labute approximate surface area is 87.9 Å². The van der Waals surface area contributed by atoms with Crippen molar-refractivity contribution in [2.45, 2.75) is 25.7 Å². The molecule has 0 aliphatic heterocycles. The van der Waals surface area contributed by atoms with Gasteiger partial charge in [-0.25, -0.2) is 0 Å². The fraction of sp³-hybridized carbons (Fsp3) is 0.667. The van der Waals surface area contributed by atoms with E-state index < -0.39 is 0 Å². The molecule has 2 N–H and O–H groups in total. The van der Waals surface area contributed by atoms with E-state index in [1.165, 1.54) is 19.3 Å². The first-order valence-electron chi connectivity index (χ1n) is 5.44. The van der Waals surface area contributed by atoms with E-state index in [0.717, 1.165) is 26.1 Å². The Bertz CT molecular complexity index is 135. The smallest absolute Gasteiger partial charge is 0.143 e. The lowest BCUT2D eigenvalue weighted by molar-refractivity contribution is 0.278. The monoisotopic (exact) mass is 198 g/mol. The molecule has 0 aromatic carbocycles. The van der Waals surface area contributed by atoms with Crippen LogP contribution in [0.1, 0.15) is 25.7 Å². The highest BCUT2D eigenvalue weighted by atomic mass is 16.2. The van der Waals surface area contributed by atoms with Gasteiger partial charge in [0.25, 0.3) is 0 Å². The number of nitrogens with zero attached hydrogens (tertiary/aromatic N) is 1. The van der Waals surface area contributed by atoms with Crippen LogP contribution in [-0.2, 0) is 0 Å². The lowest BCUT2D eigenvalue weighted by atomic mass is 10.2. The van der Waals surface area contributed by atoms with E-state index in [4.69, 9.17) is 5.11 Å². The topological polar surface area (TPSA) is 26.1 Å². The Morgan fingerprint density at radius 2 is 1.50 bits per heavy atom. The van der Waals surface area contributed by atoms with Gasteiger partial charge in [0, 0.05) is 19.5 Å². The lowest BCUT2D eigenvalue weighted by Gasteiger charge is -2.18. The maximum Gasteiger partial charge on any atom is 0.143 e.